The number of carboxylic acid groups (broad SMARTS) is 1. The number of ether oxygens (including phenoxy) is 2. The molecule has 9 atom stereocenters. The van der Waals surface area contributed by atoms with Gasteiger partial charge in [-0.1, -0.05) is 13.8 Å². The van der Waals surface area contributed by atoms with E-state index in [1.807, 2.05) is 4.90 Å². The molecule has 0 radical (unpaired) electrons. The number of hydrogen-bond acceptors (Lipinski definition) is 7. The molecule has 0 aromatic rings. The van der Waals surface area contributed by atoms with E-state index in [2.05, 4.69) is 26.1 Å². The molecule has 39 heavy (non-hydrogen) atoms. The third-order valence-corrected chi connectivity index (χ3v) is 12.0. The van der Waals surface area contributed by atoms with Gasteiger partial charge in [-0.2, -0.15) is 0 Å². The minimum absolute atomic E-state index is 0.0115. The number of hydrogen-bond donors (Lipinski definition) is 2. The van der Waals surface area contributed by atoms with Crippen molar-refractivity contribution in [2.45, 2.75) is 96.7 Å². The Morgan fingerprint density at radius 1 is 1.00 bits per heavy atom. The number of likely N-dealkylation sites (N-methyl/N-ethyl adjacent to an activating group) is 1. The minimum atomic E-state index is -0.828. The molecule has 4 aliphatic carbocycles. The topological polar surface area (TPSA) is 105 Å². The summed E-state index contributed by atoms with van der Waals surface area (Å²) >= 11 is 0. The molecule has 0 bridgehead atoms. The summed E-state index contributed by atoms with van der Waals surface area (Å²) in [7, 11) is 1.78. The first-order valence-corrected chi connectivity index (χ1v) is 15.4. The molecule has 1 aliphatic heterocycles. The number of esters is 1. The molecule has 2 N–H and O–H groups in total. The predicted octanol–water partition coefficient (Wildman–Crippen LogP) is 3.91. The van der Waals surface area contributed by atoms with Gasteiger partial charge >= 0.3 is 11.9 Å². The molecule has 5 aliphatic rings. The number of ketones is 1. The molecule has 5 rings (SSSR count). The number of aliphatic carboxylic acids is 1. The van der Waals surface area contributed by atoms with Gasteiger partial charge in [0, 0.05) is 25.4 Å². The zero-order valence-electron chi connectivity index (χ0n) is 24.5. The Bertz CT molecular complexity index is 957. The van der Waals surface area contributed by atoms with Crippen LogP contribution in [-0.4, -0.2) is 79.3 Å². The van der Waals surface area contributed by atoms with Crippen LogP contribution in [0.1, 0.15) is 85.0 Å². The highest BCUT2D eigenvalue weighted by atomic mass is 16.6. The van der Waals surface area contributed by atoms with E-state index >= 15 is 0 Å². The lowest BCUT2D eigenvalue weighted by Gasteiger charge is -2.62. The fourth-order valence-electron chi connectivity index (χ4n) is 10.1. The Hall–Kier alpha value is -1.51. The van der Waals surface area contributed by atoms with Crippen LogP contribution < -0.4 is 5.32 Å². The Labute approximate surface area is 233 Å². The Morgan fingerprint density at radius 2 is 1.77 bits per heavy atom. The van der Waals surface area contributed by atoms with Crippen molar-refractivity contribution in [3.63, 3.8) is 0 Å². The monoisotopic (exact) mass is 546 g/mol. The van der Waals surface area contributed by atoms with Gasteiger partial charge < -0.3 is 19.9 Å². The second-order valence-electron chi connectivity index (χ2n) is 14.3. The van der Waals surface area contributed by atoms with Gasteiger partial charge in [-0.15, -0.1) is 0 Å². The van der Waals surface area contributed by atoms with Crippen LogP contribution in [0.3, 0.4) is 0 Å². The minimum Gasteiger partial charge on any atom is -0.480 e. The highest BCUT2D eigenvalue weighted by molar-refractivity contribution is 5.82. The normalized spacial score (nSPS) is 44.1. The number of nitrogens with one attached hydrogen (secondary N) is 1. The van der Waals surface area contributed by atoms with Gasteiger partial charge in [0.15, 0.2) is 0 Å². The number of morpholine rings is 1. The van der Waals surface area contributed by atoms with E-state index in [-0.39, 0.29) is 47.5 Å². The Morgan fingerprint density at radius 3 is 2.51 bits per heavy atom. The molecule has 4 saturated carbocycles. The van der Waals surface area contributed by atoms with Gasteiger partial charge in [0.05, 0.1) is 25.8 Å². The largest absolute Gasteiger partial charge is 0.480 e. The van der Waals surface area contributed by atoms with Crippen LogP contribution in [0, 0.1) is 40.4 Å². The van der Waals surface area contributed by atoms with Crippen molar-refractivity contribution in [2.75, 3.05) is 39.8 Å². The van der Waals surface area contributed by atoms with Crippen molar-refractivity contribution in [3.05, 3.63) is 0 Å². The summed E-state index contributed by atoms with van der Waals surface area (Å²) in [5.74, 6) is 1.99. The molecule has 0 aromatic heterocycles. The van der Waals surface area contributed by atoms with Crippen molar-refractivity contribution in [1.82, 2.24) is 10.2 Å². The van der Waals surface area contributed by atoms with E-state index in [0.29, 0.717) is 55.6 Å². The predicted molar refractivity (Wildman–Crippen MR) is 147 cm³/mol. The first-order valence-electron chi connectivity index (χ1n) is 15.4. The molecule has 5 fully saturated rings. The molecular formula is C31H50N2O6. The van der Waals surface area contributed by atoms with Gasteiger partial charge in [-0.25, -0.2) is 0 Å². The van der Waals surface area contributed by atoms with E-state index < -0.39 is 5.97 Å². The van der Waals surface area contributed by atoms with Crippen LogP contribution in [0.4, 0.5) is 0 Å². The third-order valence-electron chi connectivity index (χ3n) is 12.0. The second-order valence-corrected chi connectivity index (χ2v) is 14.3. The molecule has 1 heterocycles. The average molecular weight is 547 g/mol. The van der Waals surface area contributed by atoms with E-state index in [1.165, 1.54) is 19.3 Å². The van der Waals surface area contributed by atoms with E-state index in [1.54, 1.807) is 7.05 Å². The van der Waals surface area contributed by atoms with Crippen LogP contribution in [0.2, 0.25) is 0 Å². The molecule has 220 valence electrons. The van der Waals surface area contributed by atoms with Gasteiger partial charge in [-0.05, 0) is 106 Å². The van der Waals surface area contributed by atoms with Gasteiger partial charge in [-0.3, -0.25) is 19.3 Å². The summed E-state index contributed by atoms with van der Waals surface area (Å²) < 4.78 is 11.9. The summed E-state index contributed by atoms with van der Waals surface area (Å²) in [5, 5.41) is 12.1. The highest BCUT2D eigenvalue weighted by Crippen LogP contribution is 2.68. The lowest BCUT2D eigenvalue weighted by molar-refractivity contribution is -0.180. The van der Waals surface area contributed by atoms with Gasteiger partial charge in [0.25, 0.3) is 0 Å². The first-order chi connectivity index (χ1) is 18.5. The lowest BCUT2D eigenvalue weighted by atomic mass is 9.44. The molecule has 1 saturated heterocycles. The van der Waals surface area contributed by atoms with Crippen LogP contribution in [-0.2, 0) is 23.9 Å². The zero-order chi connectivity index (χ0) is 28.0. The number of rotatable bonds is 8. The van der Waals surface area contributed by atoms with E-state index in [0.717, 1.165) is 38.5 Å². The van der Waals surface area contributed by atoms with Crippen molar-refractivity contribution in [3.8, 4) is 0 Å². The Kier molecular flexibility index (Phi) is 8.22. The molecule has 0 spiro atoms. The van der Waals surface area contributed by atoms with Crippen molar-refractivity contribution in [2.24, 2.45) is 40.4 Å². The van der Waals surface area contributed by atoms with Gasteiger partial charge in [0.2, 0.25) is 0 Å². The highest BCUT2D eigenvalue weighted by Gasteiger charge is 2.62. The SMILES string of the molecule is CNCC(=O)O[C@]1(C)CC[C@@]2(C)[C@@H](CC[C@@H]3[C@@H]2CC[C@]2(C)[C@@H](C(=O)CC4CN(CC(=O)O)CCO4)CC[C@@H]32)C1. The van der Waals surface area contributed by atoms with Crippen molar-refractivity contribution >= 4 is 17.7 Å². The standard InChI is InChI=1S/C31H50N2O6/c1-29(39-28(37)17-32-4)11-12-30(2)20(16-29)5-6-22-23-7-8-25(31(23,3)10-9-24(22)30)26(34)15-21-18-33(13-14-38-21)19-27(35)36/h20-25,32H,5-19H2,1-4H3,(H,35,36)/t20-,21?,22-,23-,24-,25+,29+,30-,31-/m0/s1. The Balaban J connectivity index is 1.23. The van der Waals surface area contributed by atoms with Crippen LogP contribution in [0.15, 0.2) is 0 Å². The molecule has 8 nitrogen and oxygen atoms in total. The number of carbonyl (C=O) groups is 3. The molecule has 1 unspecified atom stereocenters. The van der Waals surface area contributed by atoms with E-state index in [4.69, 9.17) is 14.6 Å². The third kappa shape index (κ3) is 5.54. The molecule has 0 amide bonds. The summed E-state index contributed by atoms with van der Waals surface area (Å²) in [4.78, 5) is 39.0. The van der Waals surface area contributed by atoms with Gasteiger partial charge in [0.1, 0.15) is 11.4 Å². The van der Waals surface area contributed by atoms with E-state index in [9.17, 15) is 14.4 Å². The number of Topliss-reactive ketones (excluding diaryl/α,β-unsaturated/α-hetero) is 1. The number of fused-ring (bicyclic) bond motifs is 5. The van der Waals surface area contributed by atoms with Crippen LogP contribution in [0.5, 0.6) is 0 Å². The maximum Gasteiger partial charge on any atom is 0.320 e. The summed E-state index contributed by atoms with van der Waals surface area (Å²) in [6.07, 6.45) is 10.1. The second kappa shape index (κ2) is 11.1. The molecular weight excluding hydrogens is 496 g/mol. The summed E-state index contributed by atoms with van der Waals surface area (Å²) in [5.41, 5.74) is -0.0201. The number of nitrogens with zero attached hydrogens (tertiary/aromatic N) is 1. The van der Waals surface area contributed by atoms with Crippen LogP contribution >= 0.6 is 0 Å². The smallest absolute Gasteiger partial charge is 0.320 e. The molecule has 0 aromatic carbocycles. The van der Waals surface area contributed by atoms with Crippen LogP contribution in [0.25, 0.3) is 0 Å². The maximum absolute atomic E-state index is 13.7. The fourth-order valence-corrected chi connectivity index (χ4v) is 10.1. The zero-order valence-corrected chi connectivity index (χ0v) is 24.5. The quantitative estimate of drug-likeness (QED) is 0.442. The van der Waals surface area contributed by atoms with Crippen molar-refractivity contribution in [1.29, 1.82) is 0 Å². The average Bonchev–Trinajstić information content (AvgIpc) is 3.22. The maximum atomic E-state index is 13.7. The fraction of sp³-hybridized carbons (Fsp3) is 0.903. The van der Waals surface area contributed by atoms with Crippen molar-refractivity contribution < 1.29 is 29.0 Å². The lowest BCUT2D eigenvalue weighted by Crippen LogP contribution is -2.56. The first kappa shape index (κ1) is 29.0. The summed E-state index contributed by atoms with van der Waals surface area (Å²) in [6.45, 7) is 8.95. The number of carboxylic acids is 1. The molecule has 8 heteroatoms. The summed E-state index contributed by atoms with van der Waals surface area (Å²) in [6, 6.07) is 0. The number of carbonyl (C=O) groups excluding carboxylic acids is 2.